The third-order valence-corrected chi connectivity index (χ3v) is 3.30. The summed E-state index contributed by atoms with van der Waals surface area (Å²) in [5.41, 5.74) is 0.692. The van der Waals surface area contributed by atoms with Gasteiger partial charge in [-0.1, -0.05) is 11.6 Å². The fraction of sp³-hybridized carbons (Fsp3) is 0.429. The van der Waals surface area contributed by atoms with Gasteiger partial charge in [0.05, 0.1) is 7.05 Å². The van der Waals surface area contributed by atoms with Gasteiger partial charge in [0.2, 0.25) is 0 Å². The first-order valence-corrected chi connectivity index (χ1v) is 6.97. The van der Waals surface area contributed by atoms with Crippen LogP contribution in [0.25, 0.3) is 0 Å². The summed E-state index contributed by atoms with van der Waals surface area (Å²) in [4.78, 5) is 24.4. The van der Waals surface area contributed by atoms with Crippen LogP contribution in [-0.4, -0.2) is 38.0 Å². The lowest BCUT2D eigenvalue weighted by molar-refractivity contribution is -0.885. The second-order valence-corrected chi connectivity index (χ2v) is 5.13. The molecular weight excluding hydrogens is 278 g/mol. The number of hydrogen-bond donors (Lipinski definition) is 3. The Morgan fingerprint density at radius 2 is 1.90 bits per heavy atom. The SMILES string of the molecule is CCNC(=O)[C@H](C)[NH+](C)CC(=O)Nc1ccc(Cl)cc1. The van der Waals surface area contributed by atoms with Gasteiger partial charge in [0.1, 0.15) is 0 Å². The summed E-state index contributed by atoms with van der Waals surface area (Å²) in [6.07, 6.45) is 0. The molecule has 1 rings (SSSR count). The molecule has 0 aliphatic carbocycles. The number of quaternary nitrogens is 1. The van der Waals surface area contributed by atoms with Crippen LogP contribution in [0.15, 0.2) is 24.3 Å². The van der Waals surface area contributed by atoms with E-state index >= 15 is 0 Å². The van der Waals surface area contributed by atoms with Crippen LogP contribution in [0.3, 0.4) is 0 Å². The number of rotatable bonds is 6. The van der Waals surface area contributed by atoms with E-state index < -0.39 is 0 Å². The smallest absolute Gasteiger partial charge is 0.279 e. The molecule has 0 radical (unpaired) electrons. The van der Waals surface area contributed by atoms with Crippen molar-refractivity contribution in [3.8, 4) is 0 Å². The van der Waals surface area contributed by atoms with E-state index in [1.165, 1.54) is 0 Å². The lowest BCUT2D eigenvalue weighted by Gasteiger charge is -2.20. The zero-order valence-corrected chi connectivity index (χ0v) is 12.8. The van der Waals surface area contributed by atoms with Crippen molar-refractivity contribution in [3.63, 3.8) is 0 Å². The van der Waals surface area contributed by atoms with E-state index in [9.17, 15) is 9.59 Å². The molecule has 1 aromatic rings. The molecule has 2 atom stereocenters. The quantitative estimate of drug-likeness (QED) is 0.708. The normalized spacial score (nSPS) is 13.4. The van der Waals surface area contributed by atoms with Crippen molar-refractivity contribution in [1.29, 1.82) is 0 Å². The lowest BCUT2D eigenvalue weighted by atomic mass is 10.2. The molecule has 0 bridgehead atoms. The summed E-state index contributed by atoms with van der Waals surface area (Å²) < 4.78 is 0. The summed E-state index contributed by atoms with van der Waals surface area (Å²) in [7, 11) is 1.82. The third-order valence-electron chi connectivity index (χ3n) is 3.05. The van der Waals surface area contributed by atoms with Crippen LogP contribution in [0.5, 0.6) is 0 Å². The topological polar surface area (TPSA) is 62.6 Å². The Morgan fingerprint density at radius 1 is 1.30 bits per heavy atom. The first kappa shape index (κ1) is 16.5. The molecule has 2 amide bonds. The van der Waals surface area contributed by atoms with Crippen molar-refractivity contribution >= 4 is 29.1 Å². The van der Waals surface area contributed by atoms with Crippen molar-refractivity contribution in [1.82, 2.24) is 5.32 Å². The molecule has 0 saturated heterocycles. The molecule has 0 heterocycles. The predicted molar refractivity (Wildman–Crippen MR) is 80.0 cm³/mol. The van der Waals surface area contributed by atoms with Gasteiger partial charge in [0, 0.05) is 17.3 Å². The summed E-state index contributed by atoms with van der Waals surface area (Å²) >= 11 is 5.78. The molecule has 5 nitrogen and oxygen atoms in total. The van der Waals surface area contributed by atoms with Crippen LogP contribution < -0.4 is 15.5 Å². The minimum atomic E-state index is -0.272. The number of likely N-dealkylation sites (N-methyl/N-ethyl adjacent to an activating group) is 2. The van der Waals surface area contributed by atoms with Crippen molar-refractivity contribution in [2.75, 3.05) is 25.5 Å². The molecule has 1 aromatic carbocycles. The van der Waals surface area contributed by atoms with Gasteiger partial charge in [-0.15, -0.1) is 0 Å². The van der Waals surface area contributed by atoms with Gasteiger partial charge < -0.3 is 15.5 Å². The third kappa shape index (κ3) is 5.19. The van der Waals surface area contributed by atoms with Crippen LogP contribution in [0.1, 0.15) is 13.8 Å². The number of carbonyl (C=O) groups excluding carboxylic acids is 2. The van der Waals surface area contributed by atoms with E-state index in [2.05, 4.69) is 10.6 Å². The summed E-state index contributed by atoms with van der Waals surface area (Å²) in [5.74, 6) is -0.190. The second kappa shape index (κ2) is 7.87. The van der Waals surface area contributed by atoms with Crippen LogP contribution >= 0.6 is 11.6 Å². The Bertz CT molecular complexity index is 462. The monoisotopic (exact) mass is 298 g/mol. The number of halogens is 1. The standard InChI is InChI=1S/C14H20ClN3O2/c1-4-16-14(20)10(2)18(3)9-13(19)17-12-7-5-11(15)6-8-12/h5-8,10H,4,9H2,1-3H3,(H,16,20)(H,17,19)/p+1/t10-/m0/s1. The van der Waals surface area contributed by atoms with E-state index in [4.69, 9.17) is 11.6 Å². The van der Waals surface area contributed by atoms with Gasteiger partial charge in [-0.05, 0) is 38.1 Å². The molecule has 3 N–H and O–H groups in total. The van der Waals surface area contributed by atoms with Gasteiger partial charge in [-0.3, -0.25) is 9.59 Å². The zero-order chi connectivity index (χ0) is 15.1. The maximum absolute atomic E-state index is 11.9. The van der Waals surface area contributed by atoms with Crippen molar-refractivity contribution in [2.45, 2.75) is 19.9 Å². The van der Waals surface area contributed by atoms with Crippen molar-refractivity contribution < 1.29 is 14.5 Å². The Hall–Kier alpha value is -1.59. The minimum absolute atomic E-state index is 0.0516. The number of anilines is 1. The van der Waals surface area contributed by atoms with E-state index in [-0.39, 0.29) is 24.4 Å². The highest BCUT2D eigenvalue weighted by molar-refractivity contribution is 6.30. The van der Waals surface area contributed by atoms with Gasteiger partial charge >= 0.3 is 0 Å². The summed E-state index contributed by atoms with van der Waals surface area (Å²) in [5, 5.41) is 6.15. The number of nitrogens with one attached hydrogen (secondary N) is 3. The number of benzene rings is 1. The second-order valence-electron chi connectivity index (χ2n) is 4.69. The Labute approximate surface area is 124 Å². The maximum Gasteiger partial charge on any atom is 0.279 e. The molecule has 0 aliphatic heterocycles. The highest BCUT2D eigenvalue weighted by atomic mass is 35.5. The first-order chi connectivity index (χ1) is 9.43. The van der Waals surface area contributed by atoms with E-state index in [1.54, 1.807) is 31.2 Å². The van der Waals surface area contributed by atoms with Crippen LogP contribution in [0, 0.1) is 0 Å². The predicted octanol–water partition coefficient (Wildman–Crippen LogP) is 0.318. The van der Waals surface area contributed by atoms with E-state index in [1.807, 2.05) is 14.0 Å². The van der Waals surface area contributed by atoms with Crippen LogP contribution in [0.4, 0.5) is 5.69 Å². The molecule has 0 aliphatic rings. The molecule has 0 spiro atoms. The average Bonchev–Trinajstić information content (AvgIpc) is 2.40. The summed E-state index contributed by atoms with van der Waals surface area (Å²) in [6, 6.07) is 6.63. The van der Waals surface area contributed by atoms with Crippen molar-refractivity contribution in [3.05, 3.63) is 29.3 Å². The molecule has 0 fully saturated rings. The maximum atomic E-state index is 11.9. The molecule has 0 aromatic heterocycles. The highest BCUT2D eigenvalue weighted by Crippen LogP contribution is 2.12. The van der Waals surface area contributed by atoms with Crippen LogP contribution in [-0.2, 0) is 9.59 Å². The lowest BCUT2D eigenvalue weighted by Crippen LogP contribution is -3.15. The molecule has 20 heavy (non-hydrogen) atoms. The fourth-order valence-corrected chi connectivity index (χ4v) is 1.82. The van der Waals surface area contributed by atoms with E-state index in [0.717, 1.165) is 4.90 Å². The Kier molecular flexibility index (Phi) is 6.48. The summed E-state index contributed by atoms with van der Waals surface area (Å²) in [6.45, 7) is 4.48. The molecule has 110 valence electrons. The fourth-order valence-electron chi connectivity index (χ4n) is 1.70. The number of amides is 2. The number of hydrogen-bond acceptors (Lipinski definition) is 2. The van der Waals surface area contributed by atoms with Gasteiger partial charge in [-0.2, -0.15) is 0 Å². The molecule has 6 heteroatoms. The van der Waals surface area contributed by atoms with Gasteiger partial charge in [0.15, 0.2) is 12.6 Å². The van der Waals surface area contributed by atoms with E-state index in [0.29, 0.717) is 17.3 Å². The first-order valence-electron chi connectivity index (χ1n) is 6.59. The molecular formula is C14H21ClN3O2+. The van der Waals surface area contributed by atoms with Crippen LogP contribution in [0.2, 0.25) is 5.02 Å². The van der Waals surface area contributed by atoms with Gasteiger partial charge in [-0.25, -0.2) is 0 Å². The Balaban J connectivity index is 2.49. The number of carbonyl (C=O) groups is 2. The largest absolute Gasteiger partial charge is 0.351 e. The zero-order valence-electron chi connectivity index (χ0n) is 12.0. The van der Waals surface area contributed by atoms with Gasteiger partial charge in [0.25, 0.3) is 11.8 Å². The van der Waals surface area contributed by atoms with Crippen molar-refractivity contribution in [2.24, 2.45) is 0 Å². The highest BCUT2D eigenvalue weighted by Gasteiger charge is 2.23. The average molecular weight is 299 g/mol. The Morgan fingerprint density at radius 3 is 2.45 bits per heavy atom. The molecule has 1 unspecified atom stereocenters. The molecule has 0 saturated carbocycles. The minimum Gasteiger partial charge on any atom is -0.351 e.